The minimum atomic E-state index is -0.689. The number of carbonyl (C=O) groups is 2. The number of rotatable bonds is 8. The molecule has 0 heterocycles. The first-order valence-corrected chi connectivity index (χ1v) is 8.26. The molecule has 0 bridgehead atoms. The lowest BCUT2D eigenvalue weighted by atomic mass is 9.90. The van der Waals surface area contributed by atoms with Crippen LogP contribution in [0.2, 0.25) is 0 Å². The molecule has 0 aromatic heterocycles. The van der Waals surface area contributed by atoms with Crippen molar-refractivity contribution in [3.63, 3.8) is 0 Å². The van der Waals surface area contributed by atoms with Gasteiger partial charge in [-0.15, -0.1) is 6.58 Å². The minimum Gasteiger partial charge on any atom is -0.467 e. The number of ether oxygens (including phenoxy) is 1. The van der Waals surface area contributed by atoms with Crippen molar-refractivity contribution in [1.29, 1.82) is 0 Å². The van der Waals surface area contributed by atoms with E-state index in [9.17, 15) is 9.59 Å². The molecule has 0 aliphatic carbocycles. The van der Waals surface area contributed by atoms with Gasteiger partial charge >= 0.3 is 5.97 Å². The van der Waals surface area contributed by atoms with Crippen molar-refractivity contribution in [2.75, 3.05) is 7.11 Å². The molecule has 0 radical (unpaired) electrons. The Bertz CT molecular complexity index is 658. The summed E-state index contributed by atoms with van der Waals surface area (Å²) in [6, 6.07) is 18.4. The Kier molecular flexibility index (Phi) is 6.96. The molecule has 2 aromatic carbocycles. The molecule has 2 rings (SSSR count). The lowest BCUT2D eigenvalue weighted by Crippen LogP contribution is -2.43. The highest BCUT2D eigenvalue weighted by Gasteiger charge is 2.27. The first-order chi connectivity index (χ1) is 12.2. The largest absolute Gasteiger partial charge is 0.467 e. The number of benzene rings is 2. The van der Waals surface area contributed by atoms with Gasteiger partial charge in [-0.3, -0.25) is 4.79 Å². The zero-order valence-electron chi connectivity index (χ0n) is 14.4. The second kappa shape index (κ2) is 9.42. The summed E-state index contributed by atoms with van der Waals surface area (Å²) in [6.07, 6.45) is 2.79. The molecule has 0 fully saturated rings. The highest BCUT2D eigenvalue weighted by molar-refractivity contribution is 5.91. The first-order valence-electron chi connectivity index (χ1n) is 8.26. The fourth-order valence-corrected chi connectivity index (χ4v) is 2.72. The van der Waals surface area contributed by atoms with E-state index < -0.39 is 17.9 Å². The van der Waals surface area contributed by atoms with Crippen LogP contribution in [-0.4, -0.2) is 25.0 Å². The Balaban J connectivity index is 2.28. The van der Waals surface area contributed by atoms with E-state index >= 15 is 0 Å². The van der Waals surface area contributed by atoms with Crippen molar-refractivity contribution in [3.05, 3.63) is 84.4 Å². The van der Waals surface area contributed by atoms with Gasteiger partial charge in [-0.25, -0.2) is 4.79 Å². The Morgan fingerprint density at radius 1 is 1.04 bits per heavy atom. The quantitative estimate of drug-likeness (QED) is 0.593. The SMILES string of the molecule is C=CCC[C@H](NC(=O)C(c1ccccc1)c1ccccc1)C(=O)OC. The fraction of sp³-hybridized carbons (Fsp3) is 0.238. The van der Waals surface area contributed by atoms with Gasteiger partial charge in [-0.1, -0.05) is 66.7 Å². The van der Waals surface area contributed by atoms with E-state index in [-0.39, 0.29) is 5.91 Å². The third-order valence-corrected chi connectivity index (χ3v) is 3.99. The number of carbonyl (C=O) groups excluding carboxylic acids is 2. The maximum absolute atomic E-state index is 13.0. The number of allylic oxidation sites excluding steroid dienone is 1. The van der Waals surface area contributed by atoms with E-state index in [1.807, 2.05) is 60.7 Å². The molecule has 0 aliphatic heterocycles. The van der Waals surface area contributed by atoms with Crippen molar-refractivity contribution in [3.8, 4) is 0 Å². The zero-order valence-corrected chi connectivity index (χ0v) is 14.4. The van der Waals surface area contributed by atoms with Gasteiger partial charge in [-0.2, -0.15) is 0 Å². The topological polar surface area (TPSA) is 55.4 Å². The third-order valence-electron chi connectivity index (χ3n) is 3.99. The molecule has 1 amide bonds. The van der Waals surface area contributed by atoms with E-state index in [0.717, 1.165) is 11.1 Å². The van der Waals surface area contributed by atoms with Gasteiger partial charge in [-0.05, 0) is 24.0 Å². The van der Waals surface area contributed by atoms with Crippen LogP contribution < -0.4 is 5.32 Å². The molecule has 1 N–H and O–H groups in total. The predicted molar refractivity (Wildman–Crippen MR) is 98.1 cm³/mol. The maximum Gasteiger partial charge on any atom is 0.328 e. The van der Waals surface area contributed by atoms with Crippen LogP contribution in [-0.2, 0) is 14.3 Å². The second-order valence-electron chi connectivity index (χ2n) is 5.70. The molecule has 1 atom stereocenters. The van der Waals surface area contributed by atoms with Crippen LogP contribution in [0, 0.1) is 0 Å². The second-order valence-corrected chi connectivity index (χ2v) is 5.70. The monoisotopic (exact) mass is 337 g/mol. The van der Waals surface area contributed by atoms with E-state index in [1.54, 1.807) is 6.08 Å². The molecule has 0 spiro atoms. The molecule has 2 aromatic rings. The van der Waals surface area contributed by atoms with E-state index in [1.165, 1.54) is 7.11 Å². The lowest BCUT2D eigenvalue weighted by Gasteiger charge is -2.22. The van der Waals surface area contributed by atoms with Gasteiger partial charge < -0.3 is 10.1 Å². The highest BCUT2D eigenvalue weighted by Crippen LogP contribution is 2.25. The summed E-state index contributed by atoms with van der Waals surface area (Å²) in [4.78, 5) is 25.0. The van der Waals surface area contributed by atoms with Crippen molar-refractivity contribution >= 4 is 11.9 Å². The van der Waals surface area contributed by atoms with E-state index in [0.29, 0.717) is 12.8 Å². The van der Waals surface area contributed by atoms with Crippen LogP contribution in [0.4, 0.5) is 0 Å². The summed E-state index contributed by atoms with van der Waals surface area (Å²) in [5, 5.41) is 2.84. The van der Waals surface area contributed by atoms with Crippen LogP contribution in [0.3, 0.4) is 0 Å². The average Bonchev–Trinajstić information content (AvgIpc) is 2.66. The van der Waals surface area contributed by atoms with Gasteiger partial charge in [0.15, 0.2) is 0 Å². The molecule has 0 unspecified atom stereocenters. The number of amides is 1. The van der Waals surface area contributed by atoms with Crippen molar-refractivity contribution in [1.82, 2.24) is 5.32 Å². The van der Waals surface area contributed by atoms with Crippen LogP contribution in [0.15, 0.2) is 73.3 Å². The van der Waals surface area contributed by atoms with Gasteiger partial charge in [0.25, 0.3) is 0 Å². The van der Waals surface area contributed by atoms with Gasteiger partial charge in [0.1, 0.15) is 6.04 Å². The Morgan fingerprint density at radius 3 is 2.00 bits per heavy atom. The summed E-state index contributed by atoms with van der Waals surface area (Å²) in [5.74, 6) is -1.16. The normalized spacial score (nSPS) is 11.6. The molecule has 25 heavy (non-hydrogen) atoms. The molecule has 0 saturated heterocycles. The summed E-state index contributed by atoms with van der Waals surface area (Å²) in [7, 11) is 1.32. The number of esters is 1. The molecular weight excluding hydrogens is 314 g/mol. The van der Waals surface area contributed by atoms with E-state index in [2.05, 4.69) is 11.9 Å². The van der Waals surface area contributed by atoms with Gasteiger partial charge in [0, 0.05) is 0 Å². The molecular formula is C21H23NO3. The highest BCUT2D eigenvalue weighted by atomic mass is 16.5. The maximum atomic E-state index is 13.0. The smallest absolute Gasteiger partial charge is 0.328 e. The van der Waals surface area contributed by atoms with Crippen LogP contribution in [0.1, 0.15) is 29.9 Å². The van der Waals surface area contributed by atoms with Crippen molar-refractivity contribution < 1.29 is 14.3 Å². The van der Waals surface area contributed by atoms with Crippen molar-refractivity contribution in [2.24, 2.45) is 0 Å². The summed E-state index contributed by atoms with van der Waals surface area (Å²) >= 11 is 0. The molecule has 130 valence electrons. The summed E-state index contributed by atoms with van der Waals surface area (Å²) in [5.41, 5.74) is 1.75. The molecule has 4 nitrogen and oxygen atoms in total. The number of hydrogen-bond acceptors (Lipinski definition) is 3. The van der Waals surface area contributed by atoms with Gasteiger partial charge in [0.2, 0.25) is 5.91 Å². The fourth-order valence-electron chi connectivity index (χ4n) is 2.72. The van der Waals surface area contributed by atoms with Crippen LogP contribution >= 0.6 is 0 Å². The molecule has 4 heteroatoms. The predicted octanol–water partition coefficient (Wildman–Crippen LogP) is 3.44. The van der Waals surface area contributed by atoms with Crippen LogP contribution in [0.25, 0.3) is 0 Å². The molecule has 0 aliphatic rings. The summed E-state index contributed by atoms with van der Waals surface area (Å²) < 4.78 is 4.81. The average molecular weight is 337 g/mol. The number of nitrogens with one attached hydrogen (secondary N) is 1. The molecule has 0 saturated carbocycles. The standard InChI is InChI=1S/C21H23NO3/c1-3-4-15-18(21(24)25-2)22-20(23)19(16-11-7-5-8-12-16)17-13-9-6-10-14-17/h3,5-14,18-19H,1,4,15H2,2H3,(H,22,23)/t18-/m0/s1. The third kappa shape index (κ3) is 5.05. The van der Waals surface area contributed by atoms with Crippen molar-refractivity contribution in [2.45, 2.75) is 24.8 Å². The number of hydrogen-bond donors (Lipinski definition) is 1. The number of methoxy groups -OCH3 is 1. The van der Waals surface area contributed by atoms with E-state index in [4.69, 9.17) is 4.74 Å². The zero-order chi connectivity index (χ0) is 18.1. The Hall–Kier alpha value is -2.88. The first kappa shape index (κ1) is 18.5. The minimum absolute atomic E-state index is 0.225. The Labute approximate surface area is 148 Å². The lowest BCUT2D eigenvalue weighted by molar-refractivity contribution is -0.145. The van der Waals surface area contributed by atoms with Gasteiger partial charge in [0.05, 0.1) is 13.0 Å². The summed E-state index contributed by atoms with van der Waals surface area (Å²) in [6.45, 7) is 3.66. The van der Waals surface area contributed by atoms with Crippen LogP contribution in [0.5, 0.6) is 0 Å². The Morgan fingerprint density at radius 2 is 1.56 bits per heavy atom.